The van der Waals surface area contributed by atoms with Gasteiger partial charge in [0, 0.05) is 0 Å². The van der Waals surface area contributed by atoms with Crippen LogP contribution in [-0.2, 0) is 4.74 Å². The number of carbonyl (C=O) groups is 1. The Balaban J connectivity index is 2.24. The Kier molecular flexibility index (Phi) is 4.77. The first kappa shape index (κ1) is 14.8. The monoisotopic (exact) mass is 285 g/mol. The average Bonchev–Trinajstić information content (AvgIpc) is 2.54. The van der Waals surface area contributed by atoms with Crippen LogP contribution in [0.5, 0.6) is 0 Å². The van der Waals surface area contributed by atoms with Gasteiger partial charge in [0.05, 0.1) is 30.6 Å². The molecule has 0 aliphatic heterocycles. The van der Waals surface area contributed by atoms with Crippen molar-refractivity contribution in [2.75, 3.05) is 18.2 Å². The number of ether oxygens (including phenoxy) is 1. The van der Waals surface area contributed by atoms with Crippen LogP contribution in [0.3, 0.4) is 0 Å². The van der Waals surface area contributed by atoms with Crippen LogP contribution < -0.4 is 11.1 Å². The van der Waals surface area contributed by atoms with Gasteiger partial charge >= 0.3 is 5.97 Å². The van der Waals surface area contributed by atoms with Crippen molar-refractivity contribution in [2.45, 2.75) is 19.4 Å². The zero-order chi connectivity index (χ0) is 15.2. The van der Waals surface area contributed by atoms with E-state index in [0.717, 1.165) is 6.42 Å². The largest absolute Gasteiger partial charge is 0.465 e. The lowest BCUT2D eigenvalue weighted by atomic mass is 10.0. The van der Waals surface area contributed by atoms with Crippen molar-refractivity contribution in [1.29, 1.82) is 0 Å². The van der Waals surface area contributed by atoms with E-state index in [0.29, 0.717) is 17.1 Å². The first-order valence-corrected chi connectivity index (χ1v) is 6.81. The van der Waals surface area contributed by atoms with Gasteiger partial charge in [-0.2, -0.15) is 0 Å². The number of nitrogens with one attached hydrogen (secondary N) is 1. The zero-order valence-electron chi connectivity index (χ0n) is 12.2. The van der Waals surface area contributed by atoms with E-state index < -0.39 is 5.97 Å². The number of nitrogens with zero attached hydrogens (tertiary/aromatic N) is 1. The summed E-state index contributed by atoms with van der Waals surface area (Å²) in [6.07, 6.45) is 2.36. The van der Waals surface area contributed by atoms with Gasteiger partial charge < -0.3 is 15.8 Å². The number of nitrogen functional groups attached to an aromatic ring is 1. The summed E-state index contributed by atoms with van der Waals surface area (Å²) in [5, 5.41) is 3.32. The number of esters is 1. The quantitative estimate of drug-likeness (QED) is 0.826. The molecule has 5 nitrogen and oxygen atoms in total. The van der Waals surface area contributed by atoms with Crippen molar-refractivity contribution in [3.63, 3.8) is 0 Å². The molecular weight excluding hydrogens is 266 g/mol. The fourth-order valence-corrected chi connectivity index (χ4v) is 2.12. The van der Waals surface area contributed by atoms with Crippen LogP contribution in [0.25, 0.3) is 0 Å². The van der Waals surface area contributed by atoms with Crippen LogP contribution in [-0.4, -0.2) is 18.1 Å². The highest BCUT2D eigenvalue weighted by atomic mass is 16.5. The molecule has 0 amide bonds. The summed E-state index contributed by atoms with van der Waals surface area (Å²) in [4.78, 5) is 15.9. The van der Waals surface area contributed by atoms with Gasteiger partial charge in [-0.3, -0.25) is 0 Å². The SMILES string of the molecule is CCC(Nc1cc(C(=O)OC)c(N)cn1)c1ccccc1. The van der Waals surface area contributed by atoms with Gasteiger partial charge in [-0.25, -0.2) is 9.78 Å². The fraction of sp³-hybridized carbons (Fsp3) is 0.250. The van der Waals surface area contributed by atoms with Crippen LogP contribution in [0.2, 0.25) is 0 Å². The Hall–Kier alpha value is -2.56. The molecule has 21 heavy (non-hydrogen) atoms. The summed E-state index contributed by atoms with van der Waals surface area (Å²) >= 11 is 0. The van der Waals surface area contributed by atoms with E-state index >= 15 is 0 Å². The maximum Gasteiger partial charge on any atom is 0.340 e. The zero-order valence-corrected chi connectivity index (χ0v) is 12.2. The Labute approximate surface area is 124 Å². The van der Waals surface area contributed by atoms with Crippen LogP contribution in [0.4, 0.5) is 11.5 Å². The normalized spacial score (nSPS) is 11.7. The molecule has 0 spiro atoms. The standard InChI is InChI=1S/C16H19N3O2/c1-3-14(11-7-5-4-6-8-11)19-15-9-12(16(20)21-2)13(17)10-18-15/h4-10,14H,3,17H2,1-2H3,(H,18,19). The summed E-state index contributed by atoms with van der Waals surface area (Å²) in [7, 11) is 1.33. The summed E-state index contributed by atoms with van der Waals surface area (Å²) in [6.45, 7) is 2.09. The first-order chi connectivity index (χ1) is 10.2. The Morgan fingerprint density at radius 3 is 2.71 bits per heavy atom. The van der Waals surface area contributed by atoms with Gasteiger partial charge in [-0.15, -0.1) is 0 Å². The van der Waals surface area contributed by atoms with Gasteiger partial charge in [-0.1, -0.05) is 37.3 Å². The third kappa shape index (κ3) is 3.51. The smallest absolute Gasteiger partial charge is 0.340 e. The number of rotatable bonds is 5. The maximum atomic E-state index is 11.7. The molecule has 0 fully saturated rings. The number of benzene rings is 1. The maximum absolute atomic E-state index is 11.7. The summed E-state index contributed by atoms with van der Waals surface area (Å²) in [6, 6.07) is 11.8. The molecule has 2 rings (SSSR count). The summed E-state index contributed by atoms with van der Waals surface area (Å²) < 4.78 is 4.71. The third-order valence-electron chi connectivity index (χ3n) is 3.27. The summed E-state index contributed by atoms with van der Waals surface area (Å²) in [5.74, 6) is 0.131. The molecule has 1 aromatic carbocycles. The number of pyridine rings is 1. The highest BCUT2D eigenvalue weighted by Gasteiger charge is 2.14. The van der Waals surface area contributed by atoms with E-state index in [-0.39, 0.29) is 6.04 Å². The van der Waals surface area contributed by atoms with Gasteiger partial charge in [0.25, 0.3) is 0 Å². The second kappa shape index (κ2) is 6.74. The van der Waals surface area contributed by atoms with Crippen molar-refractivity contribution in [3.8, 4) is 0 Å². The number of hydrogen-bond donors (Lipinski definition) is 2. The molecule has 0 bridgehead atoms. The molecule has 1 atom stereocenters. The predicted octanol–water partition coefficient (Wildman–Crippen LogP) is 3.01. The Morgan fingerprint density at radius 1 is 1.38 bits per heavy atom. The van der Waals surface area contributed by atoms with E-state index in [1.807, 2.05) is 18.2 Å². The van der Waals surface area contributed by atoms with Crippen molar-refractivity contribution >= 4 is 17.5 Å². The second-order valence-corrected chi connectivity index (χ2v) is 4.66. The lowest BCUT2D eigenvalue weighted by Gasteiger charge is -2.18. The second-order valence-electron chi connectivity index (χ2n) is 4.66. The van der Waals surface area contributed by atoms with E-state index in [9.17, 15) is 4.79 Å². The van der Waals surface area contributed by atoms with E-state index in [4.69, 9.17) is 10.5 Å². The fourth-order valence-electron chi connectivity index (χ4n) is 2.12. The number of aromatic nitrogens is 1. The Bertz CT molecular complexity index is 614. The van der Waals surface area contributed by atoms with Crippen LogP contribution in [0.15, 0.2) is 42.6 Å². The molecule has 1 aromatic heterocycles. The molecule has 5 heteroatoms. The molecule has 1 unspecified atom stereocenters. The topological polar surface area (TPSA) is 77.2 Å². The molecule has 1 heterocycles. The van der Waals surface area contributed by atoms with Crippen molar-refractivity contribution in [1.82, 2.24) is 4.98 Å². The van der Waals surface area contributed by atoms with Crippen LogP contribution in [0, 0.1) is 0 Å². The van der Waals surface area contributed by atoms with Gasteiger partial charge in [0.2, 0.25) is 0 Å². The highest BCUT2D eigenvalue weighted by molar-refractivity contribution is 5.95. The number of nitrogens with two attached hydrogens (primary N) is 1. The molecule has 0 saturated carbocycles. The molecule has 0 saturated heterocycles. The van der Waals surface area contributed by atoms with E-state index in [2.05, 4.69) is 29.4 Å². The lowest BCUT2D eigenvalue weighted by Crippen LogP contribution is -2.13. The lowest BCUT2D eigenvalue weighted by molar-refractivity contribution is 0.0602. The van der Waals surface area contributed by atoms with Gasteiger partial charge in [0.15, 0.2) is 0 Å². The van der Waals surface area contributed by atoms with Crippen LogP contribution in [0.1, 0.15) is 35.3 Å². The van der Waals surface area contributed by atoms with Crippen molar-refractivity contribution in [2.24, 2.45) is 0 Å². The molecule has 0 aliphatic carbocycles. The van der Waals surface area contributed by atoms with Crippen LogP contribution >= 0.6 is 0 Å². The molecule has 0 aliphatic rings. The molecule has 0 radical (unpaired) electrons. The summed E-state index contributed by atoms with van der Waals surface area (Å²) in [5.41, 5.74) is 7.54. The third-order valence-corrected chi connectivity index (χ3v) is 3.27. The minimum atomic E-state index is -0.467. The minimum Gasteiger partial charge on any atom is -0.465 e. The van der Waals surface area contributed by atoms with Crippen molar-refractivity contribution < 1.29 is 9.53 Å². The van der Waals surface area contributed by atoms with Gasteiger partial charge in [-0.05, 0) is 18.1 Å². The Morgan fingerprint density at radius 2 is 2.10 bits per heavy atom. The number of hydrogen-bond acceptors (Lipinski definition) is 5. The van der Waals surface area contributed by atoms with Gasteiger partial charge in [0.1, 0.15) is 5.82 Å². The first-order valence-electron chi connectivity index (χ1n) is 6.81. The van der Waals surface area contributed by atoms with Crippen molar-refractivity contribution in [3.05, 3.63) is 53.7 Å². The highest BCUT2D eigenvalue weighted by Crippen LogP contribution is 2.23. The average molecular weight is 285 g/mol. The number of carbonyl (C=O) groups excluding carboxylic acids is 1. The number of methoxy groups -OCH3 is 1. The van der Waals surface area contributed by atoms with E-state index in [1.54, 1.807) is 6.07 Å². The molecule has 3 N–H and O–H groups in total. The molecule has 2 aromatic rings. The van der Waals surface area contributed by atoms with E-state index in [1.165, 1.54) is 18.9 Å². The minimum absolute atomic E-state index is 0.118. The molecule has 110 valence electrons. The number of anilines is 2. The molecular formula is C16H19N3O2. The predicted molar refractivity (Wildman–Crippen MR) is 83.1 cm³/mol.